The molecule has 0 bridgehead atoms. The van der Waals surface area contributed by atoms with Gasteiger partial charge in [0.2, 0.25) is 0 Å². The number of hydrogen-bond donors (Lipinski definition) is 3. The van der Waals surface area contributed by atoms with Crippen LogP contribution in [0.3, 0.4) is 0 Å². The third-order valence-corrected chi connectivity index (χ3v) is 3.26. The Morgan fingerprint density at radius 3 is 2.29 bits per heavy atom. The first-order valence-electron chi connectivity index (χ1n) is 6.76. The van der Waals surface area contributed by atoms with Crippen LogP contribution in [0.15, 0.2) is 48.5 Å². The van der Waals surface area contributed by atoms with E-state index in [4.69, 9.17) is 0 Å². The summed E-state index contributed by atoms with van der Waals surface area (Å²) in [5.74, 6) is -0.355. The topological polar surface area (TPSA) is 69.6 Å². The van der Waals surface area contributed by atoms with Crippen molar-refractivity contribution in [2.45, 2.75) is 26.0 Å². The van der Waals surface area contributed by atoms with Crippen molar-refractivity contribution in [2.24, 2.45) is 0 Å². The van der Waals surface area contributed by atoms with E-state index in [1.54, 1.807) is 32.0 Å². The number of phenolic OH excluding ortho intramolecular Hbond substituents is 1. The van der Waals surface area contributed by atoms with Gasteiger partial charge >= 0.3 is 0 Å². The summed E-state index contributed by atoms with van der Waals surface area (Å²) in [5, 5.41) is 22.2. The Kier molecular flexibility index (Phi) is 4.29. The summed E-state index contributed by atoms with van der Waals surface area (Å²) in [7, 11) is 0. The second-order valence-electron chi connectivity index (χ2n) is 5.46. The molecule has 0 radical (unpaired) electrons. The third kappa shape index (κ3) is 3.83. The molecule has 1 amide bonds. The molecule has 4 nitrogen and oxygen atoms in total. The molecule has 0 fully saturated rings. The second-order valence-corrected chi connectivity index (χ2v) is 5.46. The minimum atomic E-state index is -0.877. The van der Waals surface area contributed by atoms with Crippen LogP contribution in [-0.2, 0) is 12.1 Å². The molecular formula is C17H19NO3. The maximum absolute atomic E-state index is 12.0. The van der Waals surface area contributed by atoms with Crippen LogP contribution in [0.25, 0.3) is 0 Å². The molecule has 0 aromatic heterocycles. The summed E-state index contributed by atoms with van der Waals surface area (Å²) in [5.41, 5.74) is 1.12. The Morgan fingerprint density at radius 1 is 1.10 bits per heavy atom. The molecule has 3 N–H and O–H groups in total. The smallest absolute Gasteiger partial charge is 0.255 e. The third-order valence-electron chi connectivity index (χ3n) is 3.26. The predicted octanol–water partition coefficient (Wildman–Crippen LogP) is 2.55. The fourth-order valence-electron chi connectivity index (χ4n) is 1.97. The van der Waals surface area contributed by atoms with E-state index in [2.05, 4.69) is 5.32 Å². The molecule has 0 aliphatic rings. The Bertz CT molecular complexity index is 627. The summed E-state index contributed by atoms with van der Waals surface area (Å²) >= 11 is 0. The molecule has 0 unspecified atom stereocenters. The van der Waals surface area contributed by atoms with Crippen molar-refractivity contribution in [3.8, 4) is 5.75 Å². The number of aliphatic hydroxyl groups is 1. The van der Waals surface area contributed by atoms with E-state index in [-0.39, 0.29) is 17.2 Å². The van der Waals surface area contributed by atoms with Crippen molar-refractivity contribution in [1.82, 2.24) is 5.32 Å². The van der Waals surface area contributed by atoms with Gasteiger partial charge in [0.25, 0.3) is 5.91 Å². The largest absolute Gasteiger partial charge is 0.507 e. The van der Waals surface area contributed by atoms with E-state index in [0.717, 1.165) is 11.1 Å². The molecule has 0 saturated carbocycles. The molecule has 0 heterocycles. The number of aromatic hydroxyl groups is 1. The van der Waals surface area contributed by atoms with Gasteiger partial charge in [-0.05, 0) is 37.1 Å². The van der Waals surface area contributed by atoms with Crippen LogP contribution in [-0.4, -0.2) is 16.1 Å². The van der Waals surface area contributed by atoms with Crippen LogP contribution >= 0.6 is 0 Å². The molecule has 2 aromatic rings. The summed E-state index contributed by atoms with van der Waals surface area (Å²) in [6.45, 7) is 3.81. The summed E-state index contributed by atoms with van der Waals surface area (Å²) in [4.78, 5) is 12.0. The quantitative estimate of drug-likeness (QED) is 0.808. The minimum Gasteiger partial charge on any atom is -0.507 e. The zero-order chi connectivity index (χ0) is 15.5. The molecule has 21 heavy (non-hydrogen) atoms. The van der Waals surface area contributed by atoms with Gasteiger partial charge < -0.3 is 15.5 Å². The van der Waals surface area contributed by atoms with Gasteiger partial charge in [-0.3, -0.25) is 4.79 Å². The highest BCUT2D eigenvalue weighted by atomic mass is 16.3. The highest BCUT2D eigenvalue weighted by Gasteiger charge is 2.15. The van der Waals surface area contributed by atoms with Crippen molar-refractivity contribution in [3.05, 3.63) is 65.2 Å². The zero-order valence-electron chi connectivity index (χ0n) is 12.1. The van der Waals surface area contributed by atoms with E-state index in [1.807, 2.05) is 24.3 Å². The summed E-state index contributed by atoms with van der Waals surface area (Å²) < 4.78 is 0. The number of carbonyl (C=O) groups excluding carboxylic acids is 1. The second kappa shape index (κ2) is 5.97. The molecule has 2 aromatic carbocycles. The number of benzene rings is 2. The minimum absolute atomic E-state index is 0.0348. The molecule has 0 saturated heterocycles. The molecular weight excluding hydrogens is 266 g/mol. The van der Waals surface area contributed by atoms with Gasteiger partial charge in [0.1, 0.15) is 5.75 Å². The SMILES string of the molecule is CC(C)(O)c1ccc(CNC(=O)c2ccccc2O)cc1. The van der Waals surface area contributed by atoms with Crippen LogP contribution < -0.4 is 5.32 Å². The van der Waals surface area contributed by atoms with Gasteiger partial charge in [0, 0.05) is 6.54 Å². The van der Waals surface area contributed by atoms with E-state index >= 15 is 0 Å². The molecule has 0 aliphatic heterocycles. The fraction of sp³-hybridized carbons (Fsp3) is 0.235. The van der Waals surface area contributed by atoms with Gasteiger partial charge in [0.05, 0.1) is 11.2 Å². The van der Waals surface area contributed by atoms with Crippen LogP contribution in [0.1, 0.15) is 35.3 Å². The highest BCUT2D eigenvalue weighted by Crippen LogP contribution is 2.20. The maximum atomic E-state index is 12.0. The van der Waals surface area contributed by atoms with Gasteiger partial charge in [-0.15, -0.1) is 0 Å². The number of nitrogens with one attached hydrogen (secondary N) is 1. The number of carbonyl (C=O) groups is 1. The van der Waals surface area contributed by atoms with Gasteiger partial charge in [-0.1, -0.05) is 36.4 Å². The number of hydrogen-bond acceptors (Lipinski definition) is 3. The lowest BCUT2D eigenvalue weighted by atomic mass is 9.97. The first-order valence-corrected chi connectivity index (χ1v) is 6.76. The lowest BCUT2D eigenvalue weighted by molar-refractivity contribution is 0.0785. The van der Waals surface area contributed by atoms with Gasteiger partial charge in [-0.25, -0.2) is 0 Å². The molecule has 4 heteroatoms. The molecule has 0 spiro atoms. The average Bonchev–Trinajstić information content (AvgIpc) is 2.45. The summed E-state index contributed by atoms with van der Waals surface area (Å²) in [6.07, 6.45) is 0. The predicted molar refractivity (Wildman–Crippen MR) is 81.0 cm³/mol. The number of phenols is 1. The van der Waals surface area contributed by atoms with Crippen molar-refractivity contribution < 1.29 is 15.0 Å². The van der Waals surface area contributed by atoms with Crippen LogP contribution in [0.2, 0.25) is 0 Å². The fourth-order valence-corrected chi connectivity index (χ4v) is 1.97. The molecule has 0 aliphatic carbocycles. The van der Waals surface area contributed by atoms with Crippen LogP contribution in [0.4, 0.5) is 0 Å². The zero-order valence-corrected chi connectivity index (χ0v) is 12.1. The Morgan fingerprint density at radius 2 is 1.71 bits per heavy atom. The van der Waals surface area contributed by atoms with Crippen LogP contribution in [0.5, 0.6) is 5.75 Å². The highest BCUT2D eigenvalue weighted by molar-refractivity contribution is 5.96. The van der Waals surface area contributed by atoms with Gasteiger partial charge in [0.15, 0.2) is 0 Å². The monoisotopic (exact) mass is 285 g/mol. The number of amides is 1. The molecule has 110 valence electrons. The van der Waals surface area contributed by atoms with Gasteiger partial charge in [-0.2, -0.15) is 0 Å². The van der Waals surface area contributed by atoms with Crippen LogP contribution in [0, 0.1) is 0 Å². The maximum Gasteiger partial charge on any atom is 0.255 e. The Labute approximate surface area is 124 Å². The number of rotatable bonds is 4. The van der Waals surface area contributed by atoms with E-state index in [1.165, 1.54) is 6.07 Å². The average molecular weight is 285 g/mol. The van der Waals surface area contributed by atoms with E-state index in [0.29, 0.717) is 6.54 Å². The lowest BCUT2D eigenvalue weighted by Crippen LogP contribution is -2.23. The van der Waals surface area contributed by atoms with E-state index in [9.17, 15) is 15.0 Å². The Hall–Kier alpha value is -2.33. The standard InChI is InChI=1S/C17H19NO3/c1-17(2,21)13-9-7-12(8-10-13)11-18-16(20)14-5-3-4-6-15(14)19/h3-10,19,21H,11H2,1-2H3,(H,18,20). The lowest BCUT2D eigenvalue weighted by Gasteiger charge is -2.18. The normalized spacial score (nSPS) is 11.2. The molecule has 0 atom stereocenters. The number of para-hydroxylation sites is 1. The summed E-state index contributed by atoms with van der Waals surface area (Å²) in [6, 6.07) is 13.8. The van der Waals surface area contributed by atoms with Crippen molar-refractivity contribution >= 4 is 5.91 Å². The molecule has 2 rings (SSSR count). The first kappa shape index (κ1) is 15.1. The van der Waals surface area contributed by atoms with E-state index < -0.39 is 5.60 Å². The van der Waals surface area contributed by atoms with Crippen molar-refractivity contribution in [2.75, 3.05) is 0 Å². The van der Waals surface area contributed by atoms with Crippen molar-refractivity contribution in [3.63, 3.8) is 0 Å². The van der Waals surface area contributed by atoms with Crippen molar-refractivity contribution in [1.29, 1.82) is 0 Å². The first-order chi connectivity index (χ1) is 9.88. The Balaban J connectivity index is 2.00.